The zero-order chi connectivity index (χ0) is 46.4. The van der Waals surface area contributed by atoms with E-state index in [1.165, 1.54) is 69.2 Å². The Labute approximate surface area is 422 Å². The third-order valence-electron chi connectivity index (χ3n) is 11.6. The molecule has 12 rings (SSSR count). The van der Waals surface area contributed by atoms with E-state index in [1.54, 1.807) is 11.3 Å². The lowest BCUT2D eigenvalue weighted by Crippen LogP contribution is -1.99. The molecule has 2 nitrogen and oxygen atoms in total. The molecule has 0 saturated carbocycles. The van der Waals surface area contributed by atoms with Gasteiger partial charge in [-0.1, -0.05) is 227 Å². The fourth-order valence-electron chi connectivity index (χ4n) is 8.58. The summed E-state index contributed by atoms with van der Waals surface area (Å²) in [6.45, 7) is 0. The summed E-state index contributed by atoms with van der Waals surface area (Å²) < 4.78 is 11.1. The molecule has 12 aromatic rings. The van der Waals surface area contributed by atoms with Crippen molar-refractivity contribution < 1.29 is 9.68 Å². The molecule has 327 valence electrons. The highest BCUT2D eigenvalue weighted by atomic mass is 79.9. The molecule has 1 N–H and O–H groups in total. The summed E-state index contributed by atoms with van der Waals surface area (Å²) in [5, 5.41) is 15.4. The molecule has 0 bridgehead atoms. The Kier molecular flexibility index (Phi) is 13.9. The molecular formula is C60H39BBrCl2O2S2. The monoisotopic (exact) mass is 1020 g/mol. The molecule has 2 aromatic heterocycles. The van der Waals surface area contributed by atoms with E-state index in [9.17, 15) is 0 Å². The Morgan fingerprint density at radius 1 is 0.353 bits per heavy atom. The average Bonchev–Trinajstić information content (AvgIpc) is 3.97. The predicted octanol–water partition coefficient (Wildman–Crippen LogP) is 19.1. The lowest BCUT2D eigenvalue weighted by molar-refractivity contribution is 0.457. The third kappa shape index (κ3) is 9.76. The van der Waals surface area contributed by atoms with Crippen LogP contribution in [0.2, 0.25) is 10.0 Å². The summed E-state index contributed by atoms with van der Waals surface area (Å²) in [5.74, 6) is 0.681. The number of benzene rings is 10. The van der Waals surface area contributed by atoms with E-state index >= 15 is 0 Å². The van der Waals surface area contributed by atoms with Crippen LogP contribution in [0, 0.1) is 0 Å². The summed E-state index contributed by atoms with van der Waals surface area (Å²) in [4.78, 5) is 0. The summed E-state index contributed by atoms with van der Waals surface area (Å²) in [7, 11) is 0.733. The highest BCUT2D eigenvalue weighted by molar-refractivity contribution is 9.10. The van der Waals surface area contributed by atoms with E-state index in [4.69, 9.17) is 32.9 Å². The first-order valence-electron chi connectivity index (χ1n) is 21.9. The number of hydrogen-bond donors (Lipinski definition) is 1. The molecule has 0 spiro atoms. The molecule has 68 heavy (non-hydrogen) atoms. The van der Waals surface area contributed by atoms with Crippen molar-refractivity contribution in [3.63, 3.8) is 0 Å². The number of hydrogen-bond acceptors (Lipinski definition) is 4. The van der Waals surface area contributed by atoms with Crippen molar-refractivity contribution in [2.75, 3.05) is 0 Å². The van der Waals surface area contributed by atoms with Crippen LogP contribution in [0.5, 0.6) is 5.75 Å². The smallest absolute Gasteiger partial charge is 0.536 e. The standard InChI is InChI=1S/C30H19ClS.C18H12BO2S.C12H8BrCl/c31-24-18-22(20-9-3-1-4-10-20)17-23(19-24)26-14-8-16-28-27-15-7-13-25(29(27)32-30(26)28)21-11-5-2-6-12-21;20-19-21-16-11-5-10-15-14-9-4-8-13(17(14)22-18(15)16)12-6-2-1-3-7-12;13-11-6-10(7-12(14)8-11)9-4-2-1-3-5-9/h1-19H;1-11,20H;1-8H. The van der Waals surface area contributed by atoms with Gasteiger partial charge in [0.05, 0.1) is 4.70 Å². The van der Waals surface area contributed by atoms with Gasteiger partial charge in [0.2, 0.25) is 0 Å². The van der Waals surface area contributed by atoms with Crippen LogP contribution in [0.4, 0.5) is 0 Å². The van der Waals surface area contributed by atoms with Crippen molar-refractivity contribution >= 4 is 110 Å². The zero-order valence-corrected chi connectivity index (χ0v) is 41.1. The number of thiophene rings is 2. The molecule has 0 saturated heterocycles. The van der Waals surface area contributed by atoms with Gasteiger partial charge in [-0.25, -0.2) is 0 Å². The molecule has 0 unspecified atom stereocenters. The first-order chi connectivity index (χ1) is 33.4. The first-order valence-corrected chi connectivity index (χ1v) is 25.1. The minimum atomic E-state index is 0.681. The van der Waals surface area contributed by atoms with Gasteiger partial charge in [0, 0.05) is 50.2 Å². The molecular weight excluding hydrogens is 978 g/mol. The minimum Gasteiger partial charge on any atom is -0.536 e. The van der Waals surface area contributed by atoms with Crippen LogP contribution in [0.25, 0.3) is 96.0 Å². The highest BCUT2D eigenvalue weighted by Gasteiger charge is 2.16. The van der Waals surface area contributed by atoms with Gasteiger partial charge in [-0.2, -0.15) is 0 Å². The Morgan fingerprint density at radius 2 is 0.721 bits per heavy atom. The molecule has 0 atom stereocenters. The number of rotatable bonds is 7. The van der Waals surface area contributed by atoms with E-state index in [0.29, 0.717) is 5.75 Å². The summed E-state index contributed by atoms with van der Waals surface area (Å²) >= 11 is 19.5. The molecule has 0 fully saturated rings. The summed E-state index contributed by atoms with van der Waals surface area (Å²) in [5.41, 5.74) is 11.9. The van der Waals surface area contributed by atoms with E-state index < -0.39 is 0 Å². The van der Waals surface area contributed by atoms with Gasteiger partial charge in [-0.15, -0.1) is 22.7 Å². The van der Waals surface area contributed by atoms with E-state index in [-0.39, 0.29) is 0 Å². The lowest BCUT2D eigenvalue weighted by Gasteiger charge is -2.09. The molecule has 0 amide bonds. The van der Waals surface area contributed by atoms with E-state index in [2.05, 4.69) is 186 Å². The maximum Gasteiger partial charge on any atom is 0.569 e. The Balaban J connectivity index is 0.000000129. The van der Waals surface area contributed by atoms with Crippen molar-refractivity contribution in [2.24, 2.45) is 0 Å². The van der Waals surface area contributed by atoms with Gasteiger partial charge in [0.15, 0.2) is 0 Å². The molecule has 0 aliphatic heterocycles. The zero-order valence-electron chi connectivity index (χ0n) is 36.3. The van der Waals surface area contributed by atoms with Gasteiger partial charge >= 0.3 is 7.69 Å². The Bertz CT molecular complexity index is 3660. The Hall–Kier alpha value is -6.48. The van der Waals surface area contributed by atoms with Crippen LogP contribution in [0.3, 0.4) is 0 Å². The van der Waals surface area contributed by atoms with Crippen molar-refractivity contribution in [2.45, 2.75) is 0 Å². The van der Waals surface area contributed by atoms with Crippen molar-refractivity contribution in [1.82, 2.24) is 0 Å². The maximum atomic E-state index is 8.94. The predicted molar refractivity (Wildman–Crippen MR) is 299 cm³/mol. The quantitative estimate of drug-likeness (QED) is 0.161. The Morgan fingerprint density at radius 3 is 1.18 bits per heavy atom. The van der Waals surface area contributed by atoms with Gasteiger partial charge in [0.25, 0.3) is 0 Å². The number of fused-ring (bicyclic) bond motifs is 6. The highest BCUT2D eigenvalue weighted by Crippen LogP contribution is 2.46. The van der Waals surface area contributed by atoms with Crippen LogP contribution in [-0.4, -0.2) is 12.7 Å². The fraction of sp³-hybridized carbons (Fsp3) is 0. The number of halogens is 3. The normalized spacial score (nSPS) is 10.9. The largest absolute Gasteiger partial charge is 0.569 e. The molecule has 0 aliphatic rings. The van der Waals surface area contributed by atoms with Gasteiger partial charge in [-0.05, 0) is 98.1 Å². The fourth-order valence-corrected chi connectivity index (χ4v) is 12.3. The second kappa shape index (κ2) is 20.8. The molecule has 8 heteroatoms. The van der Waals surface area contributed by atoms with Gasteiger partial charge in [-0.3, -0.25) is 0 Å². The van der Waals surface area contributed by atoms with E-state index in [1.807, 2.05) is 72.0 Å². The topological polar surface area (TPSA) is 29.5 Å². The van der Waals surface area contributed by atoms with Crippen molar-refractivity contribution in [3.8, 4) is 61.4 Å². The minimum absolute atomic E-state index is 0.681. The maximum absolute atomic E-state index is 8.94. The summed E-state index contributed by atoms with van der Waals surface area (Å²) in [6, 6.07) is 79.3. The molecule has 2 heterocycles. The average molecular weight is 1020 g/mol. The van der Waals surface area contributed by atoms with Crippen LogP contribution in [0.15, 0.2) is 235 Å². The SMILES string of the molecule is Clc1cc(-c2ccccc2)cc(-c2cccc3c2sc2c(-c4ccccc4)cccc23)c1.Clc1cc(Br)cc(-c2ccccc2)c1.O[B]Oc1cccc2c1sc1c(-c3ccccc3)cccc12. The van der Waals surface area contributed by atoms with Gasteiger partial charge in [0.1, 0.15) is 5.75 Å². The van der Waals surface area contributed by atoms with Crippen LogP contribution < -0.4 is 4.65 Å². The van der Waals surface area contributed by atoms with Crippen molar-refractivity contribution in [1.29, 1.82) is 0 Å². The molecule has 1 radical (unpaired) electrons. The van der Waals surface area contributed by atoms with Crippen LogP contribution >= 0.6 is 61.8 Å². The van der Waals surface area contributed by atoms with E-state index in [0.717, 1.165) is 49.0 Å². The first kappa shape index (κ1) is 45.3. The lowest BCUT2D eigenvalue weighted by atomic mass is 9.97. The van der Waals surface area contributed by atoms with Gasteiger partial charge < -0.3 is 9.68 Å². The molecule has 0 aliphatic carbocycles. The molecule has 10 aromatic carbocycles. The second-order valence-electron chi connectivity index (χ2n) is 16.0. The third-order valence-corrected chi connectivity index (χ3v) is 15.1. The van der Waals surface area contributed by atoms with Crippen molar-refractivity contribution in [3.05, 3.63) is 245 Å². The van der Waals surface area contributed by atoms with Crippen LogP contribution in [-0.2, 0) is 0 Å². The second-order valence-corrected chi connectivity index (χ2v) is 19.8. The summed E-state index contributed by atoms with van der Waals surface area (Å²) in [6.07, 6.45) is 0. The van der Waals surface area contributed by atoms with Crippen LogP contribution in [0.1, 0.15) is 0 Å².